The molecule has 1 saturated heterocycles. The lowest BCUT2D eigenvalue weighted by Crippen LogP contribution is -2.50. The van der Waals surface area contributed by atoms with Gasteiger partial charge in [-0.25, -0.2) is 8.42 Å². The Morgan fingerprint density at radius 2 is 1.83 bits per heavy atom. The Balaban J connectivity index is 1.70. The Kier molecular flexibility index (Phi) is 6.62. The number of methoxy groups -OCH3 is 1. The van der Waals surface area contributed by atoms with Gasteiger partial charge in [-0.3, -0.25) is 4.79 Å². The van der Waals surface area contributed by atoms with Crippen molar-refractivity contribution < 1.29 is 31.5 Å². The number of rotatable bonds is 6. The lowest BCUT2D eigenvalue weighted by Gasteiger charge is -2.33. The first-order valence-electron chi connectivity index (χ1n) is 8.40. The van der Waals surface area contributed by atoms with Crippen LogP contribution in [0.4, 0.5) is 8.78 Å². The van der Waals surface area contributed by atoms with Crippen molar-refractivity contribution in [1.82, 2.24) is 9.21 Å². The fourth-order valence-corrected chi connectivity index (χ4v) is 5.93. The molecule has 0 bridgehead atoms. The number of halogens is 3. The summed E-state index contributed by atoms with van der Waals surface area (Å²) in [6.45, 7) is -2.52. The predicted molar refractivity (Wildman–Crippen MR) is 104 cm³/mol. The lowest BCUT2D eigenvalue weighted by atomic mass is 10.1. The highest BCUT2D eigenvalue weighted by molar-refractivity contribution is 7.91. The average Bonchev–Trinajstić information content (AvgIpc) is 3.14. The first-order valence-corrected chi connectivity index (χ1v) is 11.0. The molecule has 0 atom stereocenters. The SMILES string of the molecule is COc1ccc(C(=O)N2CCN(S(=O)(=O)c3ccc(Cl)s3)CC2)cc1OC(F)F. The quantitative estimate of drug-likeness (QED) is 0.653. The number of piperazine rings is 1. The van der Waals surface area contributed by atoms with Gasteiger partial charge in [0.05, 0.1) is 11.4 Å². The van der Waals surface area contributed by atoms with E-state index in [9.17, 15) is 22.0 Å². The minimum atomic E-state index is -3.67. The summed E-state index contributed by atoms with van der Waals surface area (Å²) in [5.41, 5.74) is 0.141. The third-order valence-corrected chi connectivity index (χ3v) is 7.89. The molecule has 29 heavy (non-hydrogen) atoms. The van der Waals surface area contributed by atoms with Gasteiger partial charge in [-0.1, -0.05) is 11.6 Å². The Labute approximate surface area is 175 Å². The van der Waals surface area contributed by atoms with Crippen molar-refractivity contribution >= 4 is 38.9 Å². The first-order chi connectivity index (χ1) is 13.7. The van der Waals surface area contributed by atoms with Crippen molar-refractivity contribution in [2.45, 2.75) is 10.8 Å². The number of ether oxygens (including phenoxy) is 2. The van der Waals surface area contributed by atoms with Crippen molar-refractivity contribution in [2.75, 3.05) is 33.3 Å². The number of hydrogen-bond acceptors (Lipinski definition) is 6. The molecule has 7 nitrogen and oxygen atoms in total. The zero-order valence-corrected chi connectivity index (χ0v) is 17.6. The monoisotopic (exact) mass is 466 g/mol. The van der Waals surface area contributed by atoms with Crippen LogP contribution >= 0.6 is 22.9 Å². The van der Waals surface area contributed by atoms with Gasteiger partial charge in [-0.05, 0) is 30.3 Å². The molecule has 12 heteroatoms. The van der Waals surface area contributed by atoms with E-state index >= 15 is 0 Å². The van der Waals surface area contributed by atoms with Crippen LogP contribution in [0, 0.1) is 0 Å². The van der Waals surface area contributed by atoms with E-state index in [1.165, 1.54) is 46.6 Å². The van der Waals surface area contributed by atoms with E-state index in [1.807, 2.05) is 0 Å². The summed E-state index contributed by atoms with van der Waals surface area (Å²) in [7, 11) is -2.37. The topological polar surface area (TPSA) is 76.2 Å². The number of nitrogens with zero attached hydrogens (tertiary/aromatic N) is 2. The molecular formula is C17H17ClF2N2O5S2. The molecule has 1 aliphatic rings. The maximum absolute atomic E-state index is 12.7. The molecule has 3 rings (SSSR count). The van der Waals surface area contributed by atoms with E-state index in [-0.39, 0.29) is 47.5 Å². The van der Waals surface area contributed by atoms with Crippen LogP contribution in [-0.2, 0) is 10.0 Å². The molecule has 1 fully saturated rings. The Morgan fingerprint density at radius 3 is 2.38 bits per heavy atom. The van der Waals surface area contributed by atoms with Crippen LogP contribution in [0.25, 0.3) is 0 Å². The summed E-state index contributed by atoms with van der Waals surface area (Å²) in [5.74, 6) is -0.584. The number of carbonyl (C=O) groups excluding carboxylic acids is 1. The lowest BCUT2D eigenvalue weighted by molar-refractivity contribution is -0.0512. The Hall–Kier alpha value is -1.95. The number of carbonyl (C=O) groups is 1. The van der Waals surface area contributed by atoms with Gasteiger partial charge in [0.2, 0.25) is 0 Å². The third-order valence-electron chi connectivity index (χ3n) is 4.30. The number of sulfonamides is 1. The van der Waals surface area contributed by atoms with Crippen LogP contribution < -0.4 is 9.47 Å². The summed E-state index contributed by atoms with van der Waals surface area (Å²) >= 11 is 6.79. The number of hydrogen-bond donors (Lipinski definition) is 0. The van der Waals surface area contributed by atoms with E-state index in [0.717, 1.165) is 11.3 Å². The molecule has 1 amide bonds. The molecule has 0 unspecified atom stereocenters. The van der Waals surface area contributed by atoms with Crippen molar-refractivity contribution in [3.05, 3.63) is 40.2 Å². The number of thiophene rings is 1. The van der Waals surface area contributed by atoms with E-state index < -0.39 is 22.5 Å². The zero-order chi connectivity index (χ0) is 21.2. The van der Waals surface area contributed by atoms with Crippen LogP contribution in [0.15, 0.2) is 34.5 Å². The maximum Gasteiger partial charge on any atom is 0.387 e. The van der Waals surface area contributed by atoms with E-state index in [1.54, 1.807) is 0 Å². The molecule has 1 aromatic carbocycles. The standard InChI is InChI=1S/C17H17ClF2N2O5S2/c1-26-12-3-2-11(10-13(12)27-17(19)20)16(23)21-6-8-22(9-7-21)29(24,25)15-5-4-14(18)28-15/h2-5,10,17H,6-9H2,1H3. The summed E-state index contributed by atoms with van der Waals surface area (Å²) in [6, 6.07) is 6.95. The summed E-state index contributed by atoms with van der Waals surface area (Å²) in [6.07, 6.45) is 0. The highest BCUT2D eigenvalue weighted by Gasteiger charge is 2.31. The van der Waals surface area contributed by atoms with Crippen molar-refractivity contribution in [2.24, 2.45) is 0 Å². The van der Waals surface area contributed by atoms with Gasteiger partial charge >= 0.3 is 6.61 Å². The first kappa shape index (κ1) is 21.8. The fourth-order valence-electron chi connectivity index (χ4n) is 2.88. The Bertz CT molecular complexity index is 991. The number of benzene rings is 1. The van der Waals surface area contributed by atoms with Crippen LogP contribution in [0.1, 0.15) is 10.4 Å². The molecule has 0 N–H and O–H groups in total. The van der Waals surface area contributed by atoms with Crippen molar-refractivity contribution in [3.63, 3.8) is 0 Å². The van der Waals surface area contributed by atoms with Crippen LogP contribution in [0.2, 0.25) is 4.34 Å². The summed E-state index contributed by atoms with van der Waals surface area (Å²) < 4.78 is 61.6. The molecule has 1 aromatic heterocycles. The Morgan fingerprint density at radius 1 is 1.14 bits per heavy atom. The molecule has 0 radical (unpaired) electrons. The largest absolute Gasteiger partial charge is 0.493 e. The maximum atomic E-state index is 12.7. The van der Waals surface area contributed by atoms with E-state index in [2.05, 4.69) is 4.74 Å². The van der Waals surface area contributed by atoms with Gasteiger partial charge in [0.25, 0.3) is 15.9 Å². The summed E-state index contributed by atoms with van der Waals surface area (Å²) in [4.78, 5) is 14.2. The molecule has 2 aromatic rings. The normalized spacial score (nSPS) is 15.6. The van der Waals surface area contributed by atoms with Crippen molar-refractivity contribution in [1.29, 1.82) is 0 Å². The highest BCUT2D eigenvalue weighted by Crippen LogP contribution is 2.31. The van der Waals surface area contributed by atoms with E-state index in [4.69, 9.17) is 16.3 Å². The van der Waals surface area contributed by atoms with Crippen LogP contribution in [0.3, 0.4) is 0 Å². The predicted octanol–water partition coefficient (Wildman–Crippen LogP) is 3.16. The molecular weight excluding hydrogens is 450 g/mol. The van der Waals surface area contributed by atoms with Crippen LogP contribution in [0.5, 0.6) is 11.5 Å². The van der Waals surface area contributed by atoms with Gasteiger partial charge in [0, 0.05) is 31.7 Å². The molecule has 0 aliphatic carbocycles. The fraction of sp³-hybridized carbons (Fsp3) is 0.353. The van der Waals surface area contributed by atoms with Crippen molar-refractivity contribution in [3.8, 4) is 11.5 Å². The minimum absolute atomic E-state index is 0.0763. The average molecular weight is 467 g/mol. The third kappa shape index (κ3) is 4.80. The molecule has 158 valence electrons. The smallest absolute Gasteiger partial charge is 0.387 e. The van der Waals surface area contributed by atoms with Gasteiger partial charge in [0.1, 0.15) is 4.21 Å². The second kappa shape index (κ2) is 8.82. The van der Waals surface area contributed by atoms with Crippen LogP contribution in [-0.4, -0.2) is 63.4 Å². The summed E-state index contributed by atoms with van der Waals surface area (Å²) in [5, 5.41) is 0. The van der Waals surface area contributed by atoms with Gasteiger partial charge in [-0.15, -0.1) is 11.3 Å². The number of amides is 1. The second-order valence-corrected chi connectivity index (χ2v) is 9.88. The zero-order valence-electron chi connectivity index (χ0n) is 15.2. The highest BCUT2D eigenvalue weighted by atomic mass is 35.5. The van der Waals surface area contributed by atoms with Gasteiger partial charge in [-0.2, -0.15) is 13.1 Å². The van der Waals surface area contributed by atoms with Gasteiger partial charge < -0.3 is 14.4 Å². The van der Waals surface area contributed by atoms with E-state index in [0.29, 0.717) is 4.34 Å². The molecule has 2 heterocycles. The van der Waals surface area contributed by atoms with Gasteiger partial charge in [0.15, 0.2) is 11.5 Å². The number of alkyl halides is 2. The second-order valence-electron chi connectivity index (χ2n) is 6.00. The molecule has 0 spiro atoms. The molecule has 0 saturated carbocycles. The minimum Gasteiger partial charge on any atom is -0.493 e. The molecule has 1 aliphatic heterocycles.